The van der Waals surface area contributed by atoms with Gasteiger partial charge in [-0.25, -0.2) is 18.2 Å². The van der Waals surface area contributed by atoms with Crippen molar-refractivity contribution in [2.24, 2.45) is 0 Å². The molecular formula is C9H4BrF3N2O. The van der Waals surface area contributed by atoms with Crippen LogP contribution in [0.2, 0.25) is 0 Å². The van der Waals surface area contributed by atoms with E-state index >= 15 is 0 Å². The topological polar surface area (TPSA) is 34.4 Å². The minimum Gasteiger partial charge on any atom is -0.269 e. The summed E-state index contributed by atoms with van der Waals surface area (Å²) in [5, 5.41) is 0. The van der Waals surface area contributed by atoms with E-state index in [0.29, 0.717) is 10.5 Å². The smallest absolute Gasteiger partial charge is 0.269 e. The Labute approximate surface area is 95.7 Å². The van der Waals surface area contributed by atoms with Gasteiger partial charge in [0.05, 0.1) is 0 Å². The van der Waals surface area contributed by atoms with E-state index in [4.69, 9.17) is 0 Å². The number of hydrogen-bond donors (Lipinski definition) is 0. The van der Waals surface area contributed by atoms with Gasteiger partial charge in [0.15, 0.2) is 11.5 Å². The number of pyridine rings is 1. The molecule has 0 aromatic carbocycles. The summed E-state index contributed by atoms with van der Waals surface area (Å²) in [6.07, 6.45) is -1.64. The van der Waals surface area contributed by atoms with Crippen LogP contribution >= 0.6 is 15.9 Å². The fourth-order valence-corrected chi connectivity index (χ4v) is 1.67. The van der Waals surface area contributed by atoms with Crippen LogP contribution in [0.4, 0.5) is 13.2 Å². The van der Waals surface area contributed by atoms with Crippen molar-refractivity contribution < 1.29 is 13.2 Å². The molecule has 0 unspecified atom stereocenters. The van der Waals surface area contributed by atoms with Crippen LogP contribution in [0.25, 0.3) is 5.65 Å². The Morgan fingerprint density at radius 3 is 2.69 bits per heavy atom. The number of alkyl halides is 2. The molecule has 0 bridgehead atoms. The summed E-state index contributed by atoms with van der Waals surface area (Å²) in [6.45, 7) is 0. The van der Waals surface area contributed by atoms with Crippen LogP contribution in [-0.4, -0.2) is 9.38 Å². The molecule has 2 rings (SSSR count). The van der Waals surface area contributed by atoms with Gasteiger partial charge in [0, 0.05) is 16.7 Å². The molecule has 0 atom stereocenters. The summed E-state index contributed by atoms with van der Waals surface area (Å²) in [5.74, 6) is -0.839. The molecule has 0 aliphatic heterocycles. The molecule has 0 radical (unpaired) electrons. The Balaban J connectivity index is 2.87. The Morgan fingerprint density at radius 1 is 1.38 bits per heavy atom. The Morgan fingerprint density at radius 2 is 2.06 bits per heavy atom. The molecule has 2 aromatic heterocycles. The zero-order chi connectivity index (χ0) is 11.9. The maximum absolute atomic E-state index is 13.4. The van der Waals surface area contributed by atoms with Crippen LogP contribution in [-0.2, 0) is 0 Å². The molecule has 0 saturated carbocycles. The highest BCUT2D eigenvalue weighted by atomic mass is 79.9. The Hall–Kier alpha value is -1.37. The van der Waals surface area contributed by atoms with Gasteiger partial charge in [-0.1, -0.05) is 0 Å². The van der Waals surface area contributed by atoms with Crippen LogP contribution in [0.15, 0.2) is 27.6 Å². The predicted molar refractivity (Wildman–Crippen MR) is 54.1 cm³/mol. The van der Waals surface area contributed by atoms with Crippen molar-refractivity contribution in [1.29, 1.82) is 0 Å². The van der Waals surface area contributed by atoms with E-state index in [2.05, 4.69) is 20.9 Å². The lowest BCUT2D eigenvalue weighted by molar-refractivity contribution is 0.146. The largest absolute Gasteiger partial charge is 0.280 e. The van der Waals surface area contributed by atoms with E-state index in [9.17, 15) is 18.0 Å². The lowest BCUT2D eigenvalue weighted by Gasteiger charge is -2.04. The second kappa shape index (κ2) is 3.89. The number of rotatable bonds is 1. The molecule has 7 heteroatoms. The first-order valence-electron chi connectivity index (χ1n) is 4.15. The van der Waals surface area contributed by atoms with E-state index in [1.807, 2.05) is 0 Å². The zero-order valence-electron chi connectivity index (χ0n) is 7.62. The molecule has 0 saturated heterocycles. The first-order valence-corrected chi connectivity index (χ1v) is 4.95. The Kier molecular flexibility index (Phi) is 2.71. The van der Waals surface area contributed by atoms with Crippen LogP contribution in [0.3, 0.4) is 0 Å². The van der Waals surface area contributed by atoms with Gasteiger partial charge >= 0.3 is 0 Å². The molecule has 0 fully saturated rings. The summed E-state index contributed by atoms with van der Waals surface area (Å²) >= 11 is 2.99. The van der Waals surface area contributed by atoms with Crippen molar-refractivity contribution >= 4 is 21.6 Å². The average molecular weight is 293 g/mol. The number of aromatic nitrogens is 2. The van der Waals surface area contributed by atoms with Crippen molar-refractivity contribution in [3.8, 4) is 0 Å². The highest BCUT2D eigenvalue weighted by Crippen LogP contribution is 2.18. The molecule has 2 heterocycles. The summed E-state index contributed by atoms with van der Waals surface area (Å²) in [6, 6.07) is 1.74. The number of hydrogen-bond acceptors (Lipinski definition) is 2. The summed E-state index contributed by atoms with van der Waals surface area (Å²) < 4.78 is 39.3. The lowest BCUT2D eigenvalue weighted by atomic mass is 10.3. The minimum atomic E-state index is -2.90. The molecule has 0 aliphatic rings. The zero-order valence-corrected chi connectivity index (χ0v) is 9.21. The lowest BCUT2D eigenvalue weighted by Crippen LogP contribution is -2.16. The van der Waals surface area contributed by atoms with Gasteiger partial charge < -0.3 is 0 Å². The first kappa shape index (κ1) is 11.1. The summed E-state index contributed by atoms with van der Waals surface area (Å²) in [7, 11) is 0. The van der Waals surface area contributed by atoms with Gasteiger partial charge in [-0.15, -0.1) is 0 Å². The van der Waals surface area contributed by atoms with E-state index in [0.717, 1.165) is 10.5 Å². The van der Waals surface area contributed by atoms with Crippen molar-refractivity contribution in [2.75, 3.05) is 0 Å². The standard InChI is InChI=1S/C9H4BrF3N2O/c10-4-1-5(11)9-14-6(8(12)13)2-7(16)15(9)3-4/h1-3,8H. The molecule has 0 spiro atoms. The number of halogens is 4. The molecule has 0 amide bonds. The van der Waals surface area contributed by atoms with E-state index < -0.39 is 29.1 Å². The third-order valence-electron chi connectivity index (χ3n) is 1.93. The van der Waals surface area contributed by atoms with Crippen LogP contribution in [0, 0.1) is 5.82 Å². The maximum Gasteiger partial charge on any atom is 0.280 e. The molecule has 0 N–H and O–H groups in total. The second-order valence-electron chi connectivity index (χ2n) is 3.02. The van der Waals surface area contributed by atoms with Crippen molar-refractivity contribution in [1.82, 2.24) is 9.38 Å². The van der Waals surface area contributed by atoms with E-state index in [1.54, 1.807) is 0 Å². The third-order valence-corrected chi connectivity index (χ3v) is 2.36. The van der Waals surface area contributed by atoms with E-state index in [-0.39, 0.29) is 0 Å². The number of nitrogens with zero attached hydrogens (tertiary/aromatic N) is 2. The molecule has 2 aromatic rings. The highest BCUT2D eigenvalue weighted by Gasteiger charge is 2.14. The predicted octanol–water partition coefficient (Wildman–Crippen LogP) is 2.53. The van der Waals surface area contributed by atoms with Gasteiger partial charge in [-0.2, -0.15) is 0 Å². The van der Waals surface area contributed by atoms with Crippen LogP contribution in [0.1, 0.15) is 12.1 Å². The third kappa shape index (κ3) is 1.82. The normalized spacial score (nSPS) is 11.3. The quantitative estimate of drug-likeness (QED) is 0.809. The number of fused-ring (bicyclic) bond motifs is 1. The fraction of sp³-hybridized carbons (Fsp3) is 0.111. The van der Waals surface area contributed by atoms with Crippen LogP contribution < -0.4 is 5.56 Å². The second-order valence-corrected chi connectivity index (χ2v) is 3.94. The fourth-order valence-electron chi connectivity index (χ4n) is 1.26. The van der Waals surface area contributed by atoms with Crippen molar-refractivity contribution in [3.05, 3.63) is 44.7 Å². The Bertz CT molecular complexity index is 611. The highest BCUT2D eigenvalue weighted by molar-refractivity contribution is 9.10. The average Bonchev–Trinajstić information content (AvgIpc) is 2.19. The van der Waals surface area contributed by atoms with Crippen molar-refractivity contribution in [3.63, 3.8) is 0 Å². The van der Waals surface area contributed by atoms with Gasteiger partial charge in [0.2, 0.25) is 0 Å². The molecule has 3 nitrogen and oxygen atoms in total. The summed E-state index contributed by atoms with van der Waals surface area (Å²) in [4.78, 5) is 14.8. The first-order chi connectivity index (χ1) is 7.49. The van der Waals surface area contributed by atoms with Gasteiger partial charge in [-0.3, -0.25) is 9.20 Å². The van der Waals surface area contributed by atoms with Gasteiger partial charge in [0.1, 0.15) is 5.69 Å². The molecule has 0 aliphatic carbocycles. The van der Waals surface area contributed by atoms with Gasteiger partial charge in [-0.05, 0) is 22.0 Å². The van der Waals surface area contributed by atoms with E-state index in [1.165, 1.54) is 6.20 Å². The molecular weight excluding hydrogens is 289 g/mol. The van der Waals surface area contributed by atoms with Gasteiger partial charge in [0.25, 0.3) is 12.0 Å². The maximum atomic E-state index is 13.4. The molecule has 84 valence electrons. The van der Waals surface area contributed by atoms with Crippen LogP contribution in [0.5, 0.6) is 0 Å². The summed E-state index contributed by atoms with van der Waals surface area (Å²) in [5.41, 5.74) is -1.89. The van der Waals surface area contributed by atoms with Crippen molar-refractivity contribution in [2.45, 2.75) is 6.43 Å². The monoisotopic (exact) mass is 292 g/mol. The SMILES string of the molecule is O=c1cc(C(F)F)nc2c(F)cc(Br)cn12. The minimum absolute atomic E-state index is 0.325. The molecule has 16 heavy (non-hydrogen) atoms.